The Morgan fingerprint density at radius 2 is 2.05 bits per heavy atom. The molecule has 6 heteroatoms. The number of pyridine rings is 1. The van der Waals surface area contributed by atoms with Gasteiger partial charge in [0.15, 0.2) is 12.0 Å². The minimum atomic E-state index is -0.393. The van der Waals surface area contributed by atoms with E-state index in [0.717, 1.165) is 5.56 Å². The van der Waals surface area contributed by atoms with Crippen LogP contribution in [0.1, 0.15) is 22.1 Å². The summed E-state index contributed by atoms with van der Waals surface area (Å²) in [6, 6.07) is 11.5. The van der Waals surface area contributed by atoms with Gasteiger partial charge in [0.25, 0.3) is 0 Å². The maximum absolute atomic E-state index is 12.0. The summed E-state index contributed by atoms with van der Waals surface area (Å²) in [4.78, 5) is 18.3. The molecule has 0 aliphatic carbocycles. The highest BCUT2D eigenvalue weighted by Crippen LogP contribution is 2.39. The van der Waals surface area contributed by atoms with Crippen LogP contribution >= 0.6 is 0 Å². The van der Waals surface area contributed by atoms with Gasteiger partial charge in [0.2, 0.25) is 0 Å². The molecule has 6 nitrogen and oxygen atoms in total. The molecule has 0 radical (unpaired) electrons. The van der Waals surface area contributed by atoms with Crippen molar-refractivity contribution in [2.45, 2.75) is 6.23 Å². The topological polar surface area (TPSA) is 63.7 Å². The highest BCUT2D eigenvalue weighted by Gasteiger charge is 2.32. The number of aromatic nitrogens is 1. The molecule has 3 rings (SSSR count). The Balaban J connectivity index is 2.04. The third kappa shape index (κ3) is 2.37. The third-order valence-corrected chi connectivity index (χ3v) is 3.62. The molecule has 22 heavy (non-hydrogen) atoms. The number of nitrogens with one attached hydrogen (secondary N) is 1. The van der Waals surface area contributed by atoms with Gasteiger partial charge in [-0.05, 0) is 6.07 Å². The summed E-state index contributed by atoms with van der Waals surface area (Å²) in [6.45, 7) is 0.504. The number of anilines is 2. The lowest BCUT2D eigenvalue weighted by Gasteiger charge is -2.29. The van der Waals surface area contributed by atoms with Crippen LogP contribution in [0.3, 0.4) is 0 Å². The van der Waals surface area contributed by atoms with Gasteiger partial charge in [0.05, 0.1) is 25.0 Å². The average Bonchev–Trinajstić information content (AvgIpc) is 3.00. The number of carbonyl (C=O) groups excluding carboxylic acids is 1. The van der Waals surface area contributed by atoms with Gasteiger partial charge in [-0.1, -0.05) is 30.3 Å². The molecule has 1 N–H and O–H groups in total. The summed E-state index contributed by atoms with van der Waals surface area (Å²) >= 11 is 0. The van der Waals surface area contributed by atoms with Crippen LogP contribution in [0.5, 0.6) is 0 Å². The van der Waals surface area contributed by atoms with Crippen LogP contribution in [0.4, 0.5) is 11.5 Å². The van der Waals surface area contributed by atoms with Crippen LogP contribution in [-0.2, 0) is 9.47 Å². The van der Waals surface area contributed by atoms with Gasteiger partial charge in [-0.2, -0.15) is 0 Å². The number of nitrogens with zero attached hydrogens (tertiary/aromatic N) is 2. The van der Waals surface area contributed by atoms with Crippen molar-refractivity contribution in [3.05, 3.63) is 53.7 Å². The van der Waals surface area contributed by atoms with Crippen LogP contribution < -0.4 is 10.2 Å². The highest BCUT2D eigenvalue weighted by molar-refractivity contribution is 5.99. The molecule has 0 bridgehead atoms. The first kappa shape index (κ1) is 14.3. The smallest absolute Gasteiger partial charge is 0.340 e. The Labute approximate surface area is 128 Å². The fourth-order valence-corrected chi connectivity index (χ4v) is 2.65. The van der Waals surface area contributed by atoms with Crippen LogP contribution in [0, 0.1) is 0 Å². The van der Waals surface area contributed by atoms with Gasteiger partial charge < -0.3 is 19.7 Å². The zero-order valence-electron chi connectivity index (χ0n) is 12.4. The summed E-state index contributed by atoms with van der Waals surface area (Å²) in [5, 5.41) is 3.18. The summed E-state index contributed by atoms with van der Waals surface area (Å²) in [5.74, 6) is 0.260. The maximum atomic E-state index is 12.0. The fourth-order valence-electron chi connectivity index (χ4n) is 2.65. The van der Waals surface area contributed by atoms with Crippen LogP contribution in [0.15, 0.2) is 42.6 Å². The molecule has 0 saturated carbocycles. The Bertz CT molecular complexity index is 676. The second kappa shape index (κ2) is 6.03. The number of esters is 1. The number of hydrogen-bond acceptors (Lipinski definition) is 6. The van der Waals surface area contributed by atoms with Gasteiger partial charge in [-0.25, -0.2) is 9.78 Å². The second-order valence-corrected chi connectivity index (χ2v) is 4.85. The van der Waals surface area contributed by atoms with E-state index in [1.807, 2.05) is 35.2 Å². The molecule has 2 aromatic rings. The molecular weight excluding hydrogens is 282 g/mol. The molecule has 0 amide bonds. The summed E-state index contributed by atoms with van der Waals surface area (Å²) < 4.78 is 10.5. The second-order valence-electron chi connectivity index (χ2n) is 4.85. The molecular formula is C16H17N3O3. The number of rotatable bonds is 4. The average molecular weight is 299 g/mol. The zero-order chi connectivity index (χ0) is 15.5. The van der Waals surface area contributed by atoms with E-state index in [1.54, 1.807) is 19.4 Å². The minimum absolute atomic E-state index is 0.317. The van der Waals surface area contributed by atoms with Crippen molar-refractivity contribution in [2.75, 3.05) is 31.1 Å². The molecule has 1 aliphatic rings. The van der Waals surface area contributed by atoms with E-state index in [1.165, 1.54) is 7.11 Å². The molecule has 1 aromatic carbocycles. The van der Waals surface area contributed by atoms with E-state index >= 15 is 0 Å². The van der Waals surface area contributed by atoms with Crippen LogP contribution in [0.25, 0.3) is 0 Å². The lowest BCUT2D eigenvalue weighted by atomic mass is 10.1. The van der Waals surface area contributed by atoms with E-state index in [0.29, 0.717) is 23.7 Å². The van der Waals surface area contributed by atoms with Crippen molar-refractivity contribution in [1.82, 2.24) is 4.98 Å². The Morgan fingerprint density at radius 1 is 1.27 bits per heavy atom. The molecule has 114 valence electrons. The summed E-state index contributed by atoms with van der Waals surface area (Å²) in [7, 11) is 3.01. The summed E-state index contributed by atoms with van der Waals surface area (Å²) in [5.41, 5.74) is 2.17. The summed E-state index contributed by atoms with van der Waals surface area (Å²) in [6.07, 6.45) is 1.27. The van der Waals surface area contributed by atoms with E-state index in [4.69, 9.17) is 9.47 Å². The van der Waals surface area contributed by atoms with Gasteiger partial charge in [0, 0.05) is 18.9 Å². The predicted molar refractivity (Wildman–Crippen MR) is 82.7 cm³/mol. The number of fused-ring (bicyclic) bond motifs is 1. The SMILES string of the molecule is COC(=O)c1ccnc2c1N(C(OC)c1ccccc1)CN2. The first-order valence-electron chi connectivity index (χ1n) is 6.92. The van der Waals surface area contributed by atoms with Crippen LogP contribution in [-0.4, -0.2) is 31.8 Å². The molecule has 1 aliphatic heterocycles. The molecule has 1 aromatic heterocycles. The quantitative estimate of drug-likeness (QED) is 0.875. The molecule has 1 unspecified atom stereocenters. The van der Waals surface area contributed by atoms with Gasteiger partial charge >= 0.3 is 5.97 Å². The van der Waals surface area contributed by atoms with Crippen LogP contribution in [0.2, 0.25) is 0 Å². The van der Waals surface area contributed by atoms with Crippen molar-refractivity contribution in [2.24, 2.45) is 0 Å². The molecule has 0 fully saturated rings. The predicted octanol–water partition coefficient (Wildman–Crippen LogP) is 2.40. The maximum Gasteiger partial charge on any atom is 0.340 e. The van der Waals surface area contributed by atoms with E-state index in [2.05, 4.69) is 10.3 Å². The first-order chi connectivity index (χ1) is 10.8. The normalized spacial score (nSPS) is 14.2. The number of benzene rings is 1. The minimum Gasteiger partial charge on any atom is -0.465 e. The third-order valence-electron chi connectivity index (χ3n) is 3.62. The fraction of sp³-hybridized carbons (Fsp3) is 0.250. The largest absolute Gasteiger partial charge is 0.465 e. The molecule has 0 saturated heterocycles. The highest BCUT2D eigenvalue weighted by atomic mass is 16.5. The number of hydrogen-bond donors (Lipinski definition) is 1. The number of carbonyl (C=O) groups is 1. The van der Waals surface area contributed by atoms with E-state index in [9.17, 15) is 4.79 Å². The first-order valence-corrected chi connectivity index (χ1v) is 6.92. The van der Waals surface area contributed by atoms with Gasteiger partial charge in [0.1, 0.15) is 0 Å². The van der Waals surface area contributed by atoms with E-state index < -0.39 is 5.97 Å². The lowest BCUT2D eigenvalue weighted by molar-refractivity contribution is 0.0599. The van der Waals surface area contributed by atoms with E-state index in [-0.39, 0.29) is 6.23 Å². The van der Waals surface area contributed by atoms with Crippen molar-refractivity contribution < 1.29 is 14.3 Å². The Hall–Kier alpha value is -2.60. The van der Waals surface area contributed by atoms with Crippen molar-refractivity contribution in [3.8, 4) is 0 Å². The van der Waals surface area contributed by atoms with Gasteiger partial charge in [-0.3, -0.25) is 0 Å². The zero-order valence-corrected chi connectivity index (χ0v) is 12.4. The van der Waals surface area contributed by atoms with Crippen molar-refractivity contribution in [3.63, 3.8) is 0 Å². The van der Waals surface area contributed by atoms with Gasteiger partial charge in [-0.15, -0.1) is 0 Å². The monoisotopic (exact) mass is 299 g/mol. The molecule has 2 heterocycles. The lowest BCUT2D eigenvalue weighted by Crippen LogP contribution is -2.30. The molecule has 1 atom stereocenters. The molecule has 0 spiro atoms. The van der Waals surface area contributed by atoms with Crippen molar-refractivity contribution in [1.29, 1.82) is 0 Å². The Kier molecular flexibility index (Phi) is 3.93. The standard InChI is InChI=1S/C16H17N3O3/c1-21-15(11-6-4-3-5-7-11)19-10-18-14-13(19)12(8-9-17-14)16(20)22-2/h3-9,15H,10H2,1-2H3,(H,17,18). The van der Waals surface area contributed by atoms with Crippen molar-refractivity contribution >= 4 is 17.5 Å². The number of methoxy groups -OCH3 is 2. The number of ether oxygens (including phenoxy) is 2. The Morgan fingerprint density at radius 3 is 2.73 bits per heavy atom.